The van der Waals surface area contributed by atoms with Crippen molar-refractivity contribution in [2.75, 3.05) is 17.6 Å². The molecule has 0 amide bonds. The molecule has 0 radical (unpaired) electrons. The highest BCUT2D eigenvalue weighted by Crippen LogP contribution is 2.34. The minimum Gasteiger partial charge on any atom is -0.372 e. The highest BCUT2D eigenvalue weighted by atomic mass is 19.4. The fourth-order valence-corrected chi connectivity index (χ4v) is 1.67. The SMILES string of the molecule is [2H]C([2H])([2H])Nc1nc(Nc2cn(C(C)(C)C#N)nc2C([2H])([2H])[2H])ncc1C(F)(F)F. The van der Waals surface area contributed by atoms with Gasteiger partial charge in [0, 0.05) is 21.4 Å². The average molecular weight is 345 g/mol. The molecule has 0 aromatic carbocycles. The van der Waals surface area contributed by atoms with E-state index in [9.17, 15) is 18.4 Å². The smallest absolute Gasteiger partial charge is 0.372 e. The van der Waals surface area contributed by atoms with Gasteiger partial charge in [0.25, 0.3) is 0 Å². The van der Waals surface area contributed by atoms with Crippen molar-refractivity contribution in [1.82, 2.24) is 19.7 Å². The average Bonchev–Trinajstić information content (AvgIpc) is 2.97. The van der Waals surface area contributed by atoms with Crippen molar-refractivity contribution >= 4 is 17.5 Å². The van der Waals surface area contributed by atoms with Gasteiger partial charge in [-0.25, -0.2) is 4.98 Å². The largest absolute Gasteiger partial charge is 0.421 e. The molecule has 0 aliphatic rings. The van der Waals surface area contributed by atoms with E-state index in [1.54, 1.807) is 5.32 Å². The Morgan fingerprint density at radius 2 is 2.12 bits per heavy atom. The number of hydrogen-bond donors (Lipinski definition) is 2. The third kappa shape index (κ3) is 3.40. The molecular formula is C14H16F3N7. The van der Waals surface area contributed by atoms with Crippen molar-refractivity contribution in [1.29, 1.82) is 5.26 Å². The van der Waals surface area contributed by atoms with Crippen LogP contribution in [0.4, 0.5) is 30.6 Å². The number of aryl methyl sites for hydroxylation is 1. The van der Waals surface area contributed by atoms with Crippen LogP contribution < -0.4 is 10.6 Å². The number of anilines is 3. The lowest BCUT2D eigenvalue weighted by atomic mass is 10.1. The maximum Gasteiger partial charge on any atom is 0.421 e. The Kier molecular flexibility index (Phi) is 2.71. The monoisotopic (exact) mass is 345 g/mol. The Balaban J connectivity index is 2.55. The summed E-state index contributed by atoms with van der Waals surface area (Å²) in [4.78, 5) is 7.03. The van der Waals surface area contributed by atoms with Crippen LogP contribution in [0.3, 0.4) is 0 Å². The van der Waals surface area contributed by atoms with Gasteiger partial charge in [-0.2, -0.15) is 28.5 Å². The fourth-order valence-electron chi connectivity index (χ4n) is 1.67. The molecule has 2 aromatic rings. The van der Waals surface area contributed by atoms with E-state index in [1.165, 1.54) is 20.0 Å². The third-order valence-corrected chi connectivity index (χ3v) is 3.02. The summed E-state index contributed by atoms with van der Waals surface area (Å²) in [6.07, 6.45) is -3.40. The topological polar surface area (TPSA) is 91.5 Å². The van der Waals surface area contributed by atoms with E-state index >= 15 is 0 Å². The minimum absolute atomic E-state index is 0.182. The van der Waals surface area contributed by atoms with Gasteiger partial charge in [-0.05, 0) is 20.7 Å². The molecule has 0 saturated heterocycles. The van der Waals surface area contributed by atoms with Crippen molar-refractivity contribution < 1.29 is 21.4 Å². The van der Waals surface area contributed by atoms with E-state index in [1.807, 2.05) is 6.07 Å². The molecule has 2 N–H and O–H groups in total. The molecule has 0 atom stereocenters. The van der Waals surface area contributed by atoms with Crippen LogP contribution in [0.25, 0.3) is 0 Å². The van der Waals surface area contributed by atoms with Gasteiger partial charge in [-0.3, -0.25) is 4.68 Å². The van der Waals surface area contributed by atoms with Gasteiger partial charge in [0.05, 0.1) is 23.6 Å². The number of nitrogens with zero attached hydrogens (tertiary/aromatic N) is 5. The number of nitriles is 1. The predicted molar refractivity (Wildman–Crippen MR) is 81.8 cm³/mol. The first-order valence-electron chi connectivity index (χ1n) is 9.45. The number of alkyl halides is 3. The van der Waals surface area contributed by atoms with Crippen LogP contribution in [0.5, 0.6) is 0 Å². The van der Waals surface area contributed by atoms with Crippen molar-refractivity contribution in [3.8, 4) is 6.07 Å². The van der Waals surface area contributed by atoms with Gasteiger partial charge in [0.15, 0.2) is 0 Å². The lowest BCUT2D eigenvalue weighted by Gasteiger charge is -2.15. The number of hydrogen-bond acceptors (Lipinski definition) is 6. The second-order valence-electron chi connectivity index (χ2n) is 5.21. The molecule has 2 heterocycles. The van der Waals surface area contributed by atoms with Crippen molar-refractivity contribution in [3.63, 3.8) is 0 Å². The lowest BCUT2D eigenvalue weighted by molar-refractivity contribution is -0.137. The van der Waals surface area contributed by atoms with Crippen LogP contribution in [0.2, 0.25) is 0 Å². The molecule has 0 aliphatic carbocycles. The maximum absolute atomic E-state index is 13.1. The predicted octanol–water partition coefficient (Wildman–Crippen LogP) is 3.04. The molecule has 0 aliphatic heterocycles. The summed E-state index contributed by atoms with van der Waals surface area (Å²) < 4.78 is 84.6. The summed E-state index contributed by atoms with van der Waals surface area (Å²) >= 11 is 0. The quantitative estimate of drug-likeness (QED) is 0.885. The molecule has 0 fully saturated rings. The van der Waals surface area contributed by atoms with E-state index in [4.69, 9.17) is 8.22 Å². The first-order valence-corrected chi connectivity index (χ1v) is 6.45. The van der Waals surface area contributed by atoms with Gasteiger partial charge < -0.3 is 10.6 Å². The Bertz CT molecular complexity index is 972. The highest BCUT2D eigenvalue weighted by Gasteiger charge is 2.35. The van der Waals surface area contributed by atoms with Gasteiger partial charge in [-0.1, -0.05) is 0 Å². The summed E-state index contributed by atoms with van der Waals surface area (Å²) in [5.41, 5.74) is -3.30. The Hall–Kier alpha value is -2.83. The molecular weight excluding hydrogens is 323 g/mol. The first kappa shape index (κ1) is 10.9. The molecule has 0 spiro atoms. The molecule has 2 aromatic heterocycles. The molecule has 7 nitrogen and oxygen atoms in total. The number of halogens is 3. The van der Waals surface area contributed by atoms with E-state index < -0.39 is 48.6 Å². The van der Waals surface area contributed by atoms with Crippen molar-refractivity contribution in [2.24, 2.45) is 0 Å². The lowest BCUT2D eigenvalue weighted by Crippen LogP contribution is -2.24. The molecule has 0 saturated carbocycles. The molecule has 2 rings (SSSR count). The van der Waals surface area contributed by atoms with E-state index in [0.29, 0.717) is 6.20 Å². The van der Waals surface area contributed by atoms with Gasteiger partial charge in [0.2, 0.25) is 5.95 Å². The van der Waals surface area contributed by atoms with Crippen LogP contribution in [-0.2, 0) is 11.7 Å². The summed E-state index contributed by atoms with van der Waals surface area (Å²) in [5.74, 6) is -1.52. The molecule has 0 unspecified atom stereocenters. The Morgan fingerprint density at radius 3 is 2.71 bits per heavy atom. The zero-order valence-corrected chi connectivity index (χ0v) is 12.5. The third-order valence-electron chi connectivity index (χ3n) is 3.02. The number of rotatable bonds is 4. The molecule has 10 heteroatoms. The summed E-state index contributed by atoms with van der Waals surface area (Å²) in [6.45, 7) is -2.76. The molecule has 24 heavy (non-hydrogen) atoms. The second kappa shape index (κ2) is 5.99. The van der Waals surface area contributed by atoms with Crippen molar-refractivity contribution in [3.05, 3.63) is 23.7 Å². The van der Waals surface area contributed by atoms with Crippen LogP contribution in [0, 0.1) is 18.2 Å². The fraction of sp³-hybridized carbons (Fsp3) is 0.429. The Morgan fingerprint density at radius 1 is 1.38 bits per heavy atom. The first-order chi connectivity index (χ1) is 13.4. The molecule has 128 valence electrons. The highest BCUT2D eigenvalue weighted by molar-refractivity contribution is 5.58. The summed E-state index contributed by atoms with van der Waals surface area (Å²) in [5, 5.41) is 17.2. The summed E-state index contributed by atoms with van der Waals surface area (Å²) in [7, 11) is 0. The zero-order chi connectivity index (χ0) is 23.1. The Labute approximate surface area is 145 Å². The normalized spacial score (nSPS) is 16.7. The van der Waals surface area contributed by atoms with Crippen LogP contribution in [-0.4, -0.2) is 26.7 Å². The maximum atomic E-state index is 13.1. The second-order valence-corrected chi connectivity index (χ2v) is 5.21. The zero-order valence-electron chi connectivity index (χ0n) is 18.5. The van der Waals surface area contributed by atoms with Gasteiger partial charge in [0.1, 0.15) is 16.9 Å². The minimum atomic E-state index is -4.93. The molecule has 0 bridgehead atoms. The number of nitrogens with one attached hydrogen (secondary N) is 2. The van der Waals surface area contributed by atoms with Gasteiger partial charge >= 0.3 is 6.18 Å². The van der Waals surface area contributed by atoms with Crippen LogP contribution in [0.1, 0.15) is 33.3 Å². The van der Waals surface area contributed by atoms with E-state index in [-0.39, 0.29) is 5.69 Å². The van der Waals surface area contributed by atoms with Gasteiger partial charge in [-0.15, -0.1) is 0 Å². The van der Waals surface area contributed by atoms with Crippen molar-refractivity contribution in [2.45, 2.75) is 32.4 Å². The standard InChI is InChI=1S/C14H16F3N7/c1-8-10(6-24(23-8)13(2,3)7-18)21-12-20-5-9(14(15,16)17)11(19-4)22-12/h5-6H,1-4H3,(H2,19,20,21,22)/i1D3,4D3. The summed E-state index contributed by atoms with van der Waals surface area (Å²) in [6, 6.07) is 1.93. The number of aromatic nitrogens is 4. The van der Waals surface area contributed by atoms with Crippen LogP contribution >= 0.6 is 0 Å². The van der Waals surface area contributed by atoms with E-state index in [2.05, 4.69) is 20.4 Å². The van der Waals surface area contributed by atoms with E-state index in [0.717, 1.165) is 4.68 Å². The van der Waals surface area contributed by atoms with Crippen LogP contribution in [0.15, 0.2) is 12.4 Å².